The van der Waals surface area contributed by atoms with Gasteiger partial charge in [0.1, 0.15) is 17.2 Å². The highest BCUT2D eigenvalue weighted by molar-refractivity contribution is 5.96. The quantitative estimate of drug-likeness (QED) is 0.475. The van der Waals surface area contributed by atoms with E-state index >= 15 is 0 Å². The van der Waals surface area contributed by atoms with Gasteiger partial charge in [-0.15, -0.1) is 0 Å². The predicted molar refractivity (Wildman–Crippen MR) is 112 cm³/mol. The van der Waals surface area contributed by atoms with Crippen molar-refractivity contribution in [2.24, 2.45) is 0 Å². The first-order valence-corrected chi connectivity index (χ1v) is 9.01. The second kappa shape index (κ2) is 10.1. The molecule has 160 valence electrons. The lowest BCUT2D eigenvalue weighted by Crippen LogP contribution is -2.28. The maximum atomic E-state index is 12.3. The summed E-state index contributed by atoms with van der Waals surface area (Å²) in [5, 5.41) is 16.7. The van der Waals surface area contributed by atoms with E-state index in [2.05, 4.69) is 10.6 Å². The number of anilines is 2. The van der Waals surface area contributed by atoms with Crippen LogP contribution in [0.3, 0.4) is 0 Å². The van der Waals surface area contributed by atoms with E-state index < -0.39 is 10.8 Å². The molecule has 2 aromatic carbocycles. The van der Waals surface area contributed by atoms with Crippen molar-refractivity contribution in [2.75, 3.05) is 45.0 Å². The van der Waals surface area contributed by atoms with Crippen molar-refractivity contribution in [3.8, 4) is 11.5 Å². The molecule has 0 fully saturated rings. The Balaban J connectivity index is 2.06. The molecule has 0 saturated carbocycles. The first-order chi connectivity index (χ1) is 14.2. The van der Waals surface area contributed by atoms with Crippen LogP contribution in [0.1, 0.15) is 5.56 Å². The predicted octanol–water partition coefficient (Wildman–Crippen LogP) is 2.43. The van der Waals surface area contributed by atoms with E-state index in [0.717, 1.165) is 5.56 Å². The molecule has 0 spiro atoms. The molecule has 0 bridgehead atoms. The van der Waals surface area contributed by atoms with Crippen molar-refractivity contribution >= 4 is 28.9 Å². The molecule has 10 heteroatoms. The summed E-state index contributed by atoms with van der Waals surface area (Å²) in [5.74, 6) is 0.0474. The third-order valence-electron chi connectivity index (χ3n) is 4.10. The third kappa shape index (κ3) is 6.09. The van der Waals surface area contributed by atoms with Crippen LogP contribution < -0.4 is 20.1 Å². The zero-order valence-corrected chi connectivity index (χ0v) is 17.2. The number of benzene rings is 2. The summed E-state index contributed by atoms with van der Waals surface area (Å²) in [6.45, 7) is 1.57. The molecule has 2 N–H and O–H groups in total. The van der Waals surface area contributed by atoms with Crippen LogP contribution >= 0.6 is 0 Å². The van der Waals surface area contributed by atoms with Crippen molar-refractivity contribution in [1.82, 2.24) is 4.90 Å². The molecule has 0 aliphatic heterocycles. The second-order valence-electron chi connectivity index (χ2n) is 6.62. The second-order valence-corrected chi connectivity index (χ2v) is 6.62. The number of nitrogens with zero attached hydrogens (tertiary/aromatic N) is 2. The number of rotatable bonds is 9. The smallest absolute Gasteiger partial charge is 0.296 e. The number of hydrogen-bond donors (Lipinski definition) is 2. The highest BCUT2D eigenvalue weighted by Gasteiger charge is 2.17. The maximum Gasteiger partial charge on any atom is 0.296 e. The van der Waals surface area contributed by atoms with Crippen molar-refractivity contribution < 1.29 is 24.0 Å². The molecular formula is C20H24N4O6. The Labute approximate surface area is 173 Å². The minimum atomic E-state index is -0.598. The largest absolute Gasteiger partial charge is 0.496 e. The standard InChI is InChI=1S/C20H24N4O6/c1-13-5-7-16(18(9-13)30-12-20(26)23(2)3)21-11-19(25)22-15-8-6-14(29-4)10-17(15)24(27)28/h5-10,21H,11-12H2,1-4H3,(H,22,25). The van der Waals surface area contributed by atoms with Gasteiger partial charge in [-0.25, -0.2) is 0 Å². The van der Waals surface area contributed by atoms with Crippen molar-refractivity contribution in [2.45, 2.75) is 6.92 Å². The Morgan fingerprint density at radius 3 is 2.47 bits per heavy atom. The van der Waals surface area contributed by atoms with E-state index in [0.29, 0.717) is 17.2 Å². The summed E-state index contributed by atoms with van der Waals surface area (Å²) >= 11 is 0. The molecule has 0 aliphatic carbocycles. The normalized spacial score (nSPS) is 10.1. The fourth-order valence-corrected chi connectivity index (χ4v) is 2.43. The molecule has 0 aliphatic rings. The molecule has 0 unspecified atom stereocenters. The van der Waals surface area contributed by atoms with Crippen LogP contribution in [0.5, 0.6) is 11.5 Å². The Morgan fingerprint density at radius 2 is 1.83 bits per heavy atom. The Bertz CT molecular complexity index is 945. The number of carbonyl (C=O) groups is 2. The van der Waals surface area contributed by atoms with Gasteiger partial charge in [0.15, 0.2) is 6.61 Å². The summed E-state index contributed by atoms with van der Waals surface area (Å²) in [6.07, 6.45) is 0. The first kappa shape index (κ1) is 22.5. The van der Waals surface area contributed by atoms with Gasteiger partial charge in [-0.1, -0.05) is 6.07 Å². The van der Waals surface area contributed by atoms with Crippen LogP contribution in [0.4, 0.5) is 17.1 Å². The number of likely N-dealkylation sites (N-methyl/N-ethyl adjacent to an activating group) is 1. The molecule has 0 atom stereocenters. The lowest BCUT2D eigenvalue weighted by Gasteiger charge is -2.16. The summed E-state index contributed by atoms with van der Waals surface area (Å²) in [5.41, 5.74) is 1.23. The minimum absolute atomic E-state index is 0.0598. The number of aryl methyl sites for hydroxylation is 1. The van der Waals surface area contributed by atoms with E-state index in [-0.39, 0.29) is 30.4 Å². The van der Waals surface area contributed by atoms with Gasteiger partial charge >= 0.3 is 0 Å². The maximum absolute atomic E-state index is 12.3. The number of nitro benzene ring substituents is 1. The number of nitro groups is 1. The number of amides is 2. The molecule has 0 saturated heterocycles. The summed E-state index contributed by atoms with van der Waals surface area (Å²) in [6, 6.07) is 9.46. The Kier molecular flexibility index (Phi) is 7.56. The monoisotopic (exact) mass is 416 g/mol. The number of ether oxygens (including phenoxy) is 2. The van der Waals surface area contributed by atoms with Gasteiger partial charge in [0, 0.05) is 14.1 Å². The van der Waals surface area contributed by atoms with Gasteiger partial charge in [-0.3, -0.25) is 19.7 Å². The molecular weight excluding hydrogens is 392 g/mol. The zero-order chi connectivity index (χ0) is 22.3. The van der Waals surface area contributed by atoms with Crippen LogP contribution in [-0.4, -0.2) is 56.0 Å². The fourth-order valence-electron chi connectivity index (χ4n) is 2.43. The minimum Gasteiger partial charge on any atom is -0.496 e. The van der Waals surface area contributed by atoms with E-state index in [1.165, 1.54) is 30.2 Å². The van der Waals surface area contributed by atoms with Crippen LogP contribution in [0.2, 0.25) is 0 Å². The van der Waals surface area contributed by atoms with E-state index in [1.54, 1.807) is 26.2 Å². The molecule has 2 amide bonds. The molecule has 30 heavy (non-hydrogen) atoms. The van der Waals surface area contributed by atoms with Crippen molar-refractivity contribution in [1.29, 1.82) is 0 Å². The van der Waals surface area contributed by atoms with Gasteiger partial charge in [0.05, 0.1) is 30.3 Å². The SMILES string of the molecule is COc1ccc(NC(=O)CNc2ccc(C)cc2OCC(=O)N(C)C)c([N+](=O)[O-])c1. The Morgan fingerprint density at radius 1 is 1.13 bits per heavy atom. The zero-order valence-electron chi connectivity index (χ0n) is 17.2. The van der Waals surface area contributed by atoms with Crippen LogP contribution in [-0.2, 0) is 9.59 Å². The molecule has 2 rings (SSSR count). The number of hydrogen-bond acceptors (Lipinski definition) is 7. The van der Waals surface area contributed by atoms with E-state index in [4.69, 9.17) is 9.47 Å². The van der Waals surface area contributed by atoms with Gasteiger partial charge in [0.2, 0.25) is 5.91 Å². The first-order valence-electron chi connectivity index (χ1n) is 9.01. The highest BCUT2D eigenvalue weighted by atomic mass is 16.6. The highest BCUT2D eigenvalue weighted by Crippen LogP contribution is 2.29. The lowest BCUT2D eigenvalue weighted by molar-refractivity contribution is -0.384. The number of nitrogens with one attached hydrogen (secondary N) is 2. The van der Waals surface area contributed by atoms with Gasteiger partial charge < -0.3 is 25.0 Å². The van der Waals surface area contributed by atoms with Crippen molar-refractivity contribution in [3.63, 3.8) is 0 Å². The molecule has 0 heterocycles. The van der Waals surface area contributed by atoms with Crippen LogP contribution in [0.25, 0.3) is 0 Å². The number of carbonyl (C=O) groups excluding carboxylic acids is 2. The van der Waals surface area contributed by atoms with E-state index in [9.17, 15) is 19.7 Å². The third-order valence-corrected chi connectivity index (χ3v) is 4.10. The summed E-state index contributed by atoms with van der Waals surface area (Å²) in [7, 11) is 4.65. The summed E-state index contributed by atoms with van der Waals surface area (Å²) < 4.78 is 10.6. The average Bonchev–Trinajstić information content (AvgIpc) is 2.71. The van der Waals surface area contributed by atoms with Crippen LogP contribution in [0, 0.1) is 17.0 Å². The van der Waals surface area contributed by atoms with Gasteiger partial charge in [0.25, 0.3) is 11.6 Å². The van der Waals surface area contributed by atoms with Crippen molar-refractivity contribution in [3.05, 3.63) is 52.1 Å². The van der Waals surface area contributed by atoms with Crippen LogP contribution in [0.15, 0.2) is 36.4 Å². The van der Waals surface area contributed by atoms with Gasteiger partial charge in [-0.05, 0) is 36.8 Å². The average molecular weight is 416 g/mol. The molecule has 0 radical (unpaired) electrons. The van der Waals surface area contributed by atoms with Gasteiger partial charge in [-0.2, -0.15) is 0 Å². The summed E-state index contributed by atoms with van der Waals surface area (Å²) in [4.78, 5) is 36.1. The van der Waals surface area contributed by atoms with E-state index in [1.807, 2.05) is 13.0 Å². The Hall–Kier alpha value is -3.82. The molecule has 10 nitrogen and oxygen atoms in total. The lowest BCUT2D eigenvalue weighted by atomic mass is 10.2. The molecule has 0 aromatic heterocycles. The topological polar surface area (TPSA) is 123 Å². The fraction of sp³-hybridized carbons (Fsp3) is 0.300. The molecule has 2 aromatic rings. The number of methoxy groups -OCH3 is 1.